The lowest BCUT2D eigenvalue weighted by atomic mass is 10.2. The van der Waals surface area contributed by atoms with E-state index in [0.717, 1.165) is 11.1 Å². The molecule has 27 heavy (non-hydrogen) atoms. The van der Waals surface area contributed by atoms with Crippen LogP contribution < -0.4 is 4.74 Å². The number of nitrogens with zero attached hydrogens (tertiary/aromatic N) is 2. The maximum Gasteiger partial charge on any atom is 0.323 e. The zero-order valence-corrected chi connectivity index (χ0v) is 15.5. The third kappa shape index (κ3) is 4.51. The van der Waals surface area contributed by atoms with Gasteiger partial charge in [0.1, 0.15) is 23.0 Å². The molecule has 0 aliphatic heterocycles. The maximum atomic E-state index is 12.9. The van der Waals surface area contributed by atoms with Gasteiger partial charge in [0.15, 0.2) is 0 Å². The Hall–Kier alpha value is -3.19. The van der Waals surface area contributed by atoms with Gasteiger partial charge in [-0.05, 0) is 17.7 Å². The SMILES string of the molecule is COc1ccccc1-c1nc(C(=O)N(CC(=O)O)Cc2ccccc2)cs1. The molecule has 0 aliphatic rings. The summed E-state index contributed by atoms with van der Waals surface area (Å²) in [6, 6.07) is 16.7. The number of hydrogen-bond acceptors (Lipinski definition) is 5. The van der Waals surface area contributed by atoms with Crippen LogP contribution in [0, 0.1) is 0 Å². The van der Waals surface area contributed by atoms with Crippen molar-refractivity contribution in [3.63, 3.8) is 0 Å². The van der Waals surface area contributed by atoms with Gasteiger partial charge < -0.3 is 14.7 Å². The average Bonchev–Trinajstić information content (AvgIpc) is 3.17. The van der Waals surface area contributed by atoms with Crippen LogP contribution in [0.15, 0.2) is 60.0 Å². The van der Waals surface area contributed by atoms with E-state index in [1.54, 1.807) is 12.5 Å². The molecule has 2 aromatic carbocycles. The number of aliphatic carboxylic acids is 1. The van der Waals surface area contributed by atoms with Crippen LogP contribution in [0.25, 0.3) is 10.6 Å². The number of aromatic nitrogens is 1. The molecule has 7 heteroatoms. The quantitative estimate of drug-likeness (QED) is 0.676. The topological polar surface area (TPSA) is 79.7 Å². The predicted molar refractivity (Wildman–Crippen MR) is 103 cm³/mol. The van der Waals surface area contributed by atoms with Crippen molar-refractivity contribution in [3.8, 4) is 16.3 Å². The second-order valence-electron chi connectivity index (χ2n) is 5.78. The summed E-state index contributed by atoms with van der Waals surface area (Å²) in [5.74, 6) is -0.823. The van der Waals surface area contributed by atoms with Gasteiger partial charge in [0, 0.05) is 11.9 Å². The fourth-order valence-electron chi connectivity index (χ4n) is 2.65. The van der Waals surface area contributed by atoms with E-state index in [0.29, 0.717) is 10.8 Å². The Morgan fingerprint density at radius 3 is 2.52 bits per heavy atom. The summed E-state index contributed by atoms with van der Waals surface area (Å²) in [6.07, 6.45) is 0. The first kappa shape index (κ1) is 18.6. The van der Waals surface area contributed by atoms with Gasteiger partial charge >= 0.3 is 5.97 Å². The molecule has 1 N–H and O–H groups in total. The molecular weight excluding hydrogens is 364 g/mol. The first-order valence-corrected chi connectivity index (χ1v) is 9.10. The smallest absolute Gasteiger partial charge is 0.323 e. The van der Waals surface area contributed by atoms with Gasteiger partial charge in [-0.25, -0.2) is 4.98 Å². The predicted octanol–water partition coefficient (Wildman–Crippen LogP) is 3.55. The van der Waals surface area contributed by atoms with Crippen LogP contribution in [0.4, 0.5) is 0 Å². The normalized spacial score (nSPS) is 10.4. The lowest BCUT2D eigenvalue weighted by Crippen LogP contribution is -2.35. The van der Waals surface area contributed by atoms with E-state index >= 15 is 0 Å². The van der Waals surface area contributed by atoms with E-state index in [1.165, 1.54) is 16.2 Å². The Balaban J connectivity index is 1.86. The number of ether oxygens (including phenoxy) is 1. The van der Waals surface area contributed by atoms with E-state index in [-0.39, 0.29) is 12.2 Å². The molecule has 0 bridgehead atoms. The average molecular weight is 382 g/mol. The van der Waals surface area contributed by atoms with Crippen molar-refractivity contribution < 1.29 is 19.4 Å². The van der Waals surface area contributed by atoms with Crippen molar-refractivity contribution in [2.24, 2.45) is 0 Å². The molecule has 0 saturated carbocycles. The summed E-state index contributed by atoms with van der Waals surface area (Å²) < 4.78 is 5.34. The van der Waals surface area contributed by atoms with Crippen molar-refractivity contribution >= 4 is 23.2 Å². The lowest BCUT2D eigenvalue weighted by molar-refractivity contribution is -0.137. The number of hydrogen-bond donors (Lipinski definition) is 1. The zero-order valence-electron chi connectivity index (χ0n) is 14.7. The fraction of sp³-hybridized carbons (Fsp3) is 0.150. The van der Waals surface area contributed by atoms with Gasteiger partial charge in [-0.3, -0.25) is 9.59 Å². The van der Waals surface area contributed by atoms with E-state index in [2.05, 4.69) is 4.98 Å². The Labute approximate surface area is 160 Å². The first-order valence-electron chi connectivity index (χ1n) is 8.22. The number of thiazole rings is 1. The summed E-state index contributed by atoms with van der Waals surface area (Å²) in [5, 5.41) is 11.5. The summed E-state index contributed by atoms with van der Waals surface area (Å²) in [4.78, 5) is 29.8. The minimum atomic E-state index is -1.07. The van der Waals surface area contributed by atoms with Crippen LogP contribution in [0.1, 0.15) is 16.1 Å². The van der Waals surface area contributed by atoms with Crippen LogP contribution in [0.5, 0.6) is 5.75 Å². The highest BCUT2D eigenvalue weighted by atomic mass is 32.1. The Bertz CT molecular complexity index is 940. The number of carbonyl (C=O) groups excluding carboxylic acids is 1. The Morgan fingerprint density at radius 1 is 1.11 bits per heavy atom. The summed E-state index contributed by atoms with van der Waals surface area (Å²) in [7, 11) is 1.58. The van der Waals surface area contributed by atoms with E-state index in [1.807, 2.05) is 54.6 Å². The summed E-state index contributed by atoms with van der Waals surface area (Å²) in [5.41, 5.74) is 1.86. The standard InChI is InChI=1S/C20H18N2O4S/c1-26-17-10-6-5-9-15(17)19-21-16(13-27-19)20(25)22(12-18(23)24)11-14-7-3-2-4-8-14/h2-10,13H,11-12H2,1H3,(H,23,24). The van der Waals surface area contributed by atoms with Crippen molar-refractivity contribution in [1.29, 1.82) is 0 Å². The zero-order chi connectivity index (χ0) is 19.2. The number of para-hydroxylation sites is 1. The summed E-state index contributed by atoms with van der Waals surface area (Å²) in [6.45, 7) is -0.192. The molecular formula is C20H18N2O4S. The highest BCUT2D eigenvalue weighted by molar-refractivity contribution is 7.13. The highest BCUT2D eigenvalue weighted by Crippen LogP contribution is 2.32. The van der Waals surface area contributed by atoms with Crippen molar-refractivity contribution in [1.82, 2.24) is 9.88 Å². The highest BCUT2D eigenvalue weighted by Gasteiger charge is 2.22. The second kappa shape index (κ2) is 8.46. The van der Waals surface area contributed by atoms with Crippen molar-refractivity contribution in [2.45, 2.75) is 6.54 Å². The molecule has 0 atom stereocenters. The first-order chi connectivity index (χ1) is 13.1. The van der Waals surface area contributed by atoms with Crippen molar-refractivity contribution in [3.05, 3.63) is 71.2 Å². The molecule has 6 nitrogen and oxygen atoms in total. The Morgan fingerprint density at radius 2 is 1.81 bits per heavy atom. The number of amides is 1. The van der Waals surface area contributed by atoms with E-state index < -0.39 is 18.4 Å². The minimum Gasteiger partial charge on any atom is -0.496 e. The molecule has 3 aromatic rings. The third-order valence-corrected chi connectivity index (χ3v) is 4.77. The van der Waals surface area contributed by atoms with Gasteiger partial charge in [0.2, 0.25) is 0 Å². The van der Waals surface area contributed by atoms with E-state index in [4.69, 9.17) is 4.74 Å². The molecule has 1 heterocycles. The minimum absolute atomic E-state index is 0.202. The molecule has 138 valence electrons. The number of carboxylic acid groups (broad SMARTS) is 1. The molecule has 0 aliphatic carbocycles. The second-order valence-corrected chi connectivity index (χ2v) is 6.64. The van der Waals surface area contributed by atoms with E-state index in [9.17, 15) is 14.7 Å². The fourth-order valence-corrected chi connectivity index (χ4v) is 3.47. The van der Waals surface area contributed by atoms with Crippen LogP contribution >= 0.6 is 11.3 Å². The molecule has 1 aromatic heterocycles. The van der Waals surface area contributed by atoms with Gasteiger partial charge in [-0.2, -0.15) is 0 Å². The largest absolute Gasteiger partial charge is 0.496 e. The van der Waals surface area contributed by atoms with Crippen LogP contribution in [-0.2, 0) is 11.3 Å². The molecule has 0 fully saturated rings. The van der Waals surface area contributed by atoms with Gasteiger partial charge in [0.25, 0.3) is 5.91 Å². The van der Waals surface area contributed by atoms with Gasteiger partial charge in [-0.15, -0.1) is 11.3 Å². The van der Waals surface area contributed by atoms with Crippen LogP contribution in [0.2, 0.25) is 0 Å². The molecule has 3 rings (SSSR count). The Kier molecular flexibility index (Phi) is 5.83. The van der Waals surface area contributed by atoms with Crippen molar-refractivity contribution in [2.75, 3.05) is 13.7 Å². The van der Waals surface area contributed by atoms with Gasteiger partial charge in [-0.1, -0.05) is 42.5 Å². The monoisotopic (exact) mass is 382 g/mol. The number of benzene rings is 2. The number of rotatable bonds is 7. The third-order valence-electron chi connectivity index (χ3n) is 3.89. The van der Waals surface area contributed by atoms with Crippen LogP contribution in [0.3, 0.4) is 0 Å². The molecule has 1 amide bonds. The number of carboxylic acids is 1. The molecule has 0 saturated heterocycles. The molecule has 0 spiro atoms. The molecule has 0 unspecified atom stereocenters. The summed E-state index contributed by atoms with van der Waals surface area (Å²) >= 11 is 1.32. The molecule has 0 radical (unpaired) electrons. The number of methoxy groups -OCH3 is 1. The van der Waals surface area contributed by atoms with Crippen LogP contribution in [-0.4, -0.2) is 40.5 Å². The van der Waals surface area contributed by atoms with Gasteiger partial charge in [0.05, 0.1) is 12.7 Å². The maximum absolute atomic E-state index is 12.9. The lowest BCUT2D eigenvalue weighted by Gasteiger charge is -2.19. The number of carbonyl (C=O) groups is 2.